The molecule has 0 radical (unpaired) electrons. The molecule has 0 rings (SSSR count). The minimum Gasteiger partial charge on any atom is -0.398 e. The van der Waals surface area contributed by atoms with Crippen LogP contribution in [-0.2, 0) is 17.7 Å². The zero-order valence-corrected chi connectivity index (χ0v) is 16.1. The van der Waals surface area contributed by atoms with Gasteiger partial charge in [0.2, 0.25) is 0 Å². The Morgan fingerprint density at radius 2 is 1.00 bits per heavy atom. The van der Waals surface area contributed by atoms with Gasteiger partial charge in [-0.15, -0.1) is 0 Å². The van der Waals surface area contributed by atoms with E-state index in [1.54, 1.807) is 28.4 Å². The van der Waals surface area contributed by atoms with Crippen molar-refractivity contribution < 1.29 is 17.7 Å². The molecule has 0 saturated carbocycles. The SMILES string of the molecule is CO[Si](C)(CCCSCCC[Si](C)(OC)OC)OC. The van der Waals surface area contributed by atoms with Gasteiger partial charge in [-0.05, 0) is 49.5 Å². The van der Waals surface area contributed by atoms with Crippen molar-refractivity contribution in [2.45, 2.75) is 38.0 Å². The molecule has 0 aliphatic heterocycles. The molecule has 0 spiro atoms. The quantitative estimate of drug-likeness (QED) is 0.406. The van der Waals surface area contributed by atoms with Crippen LogP contribution in [0.2, 0.25) is 25.2 Å². The van der Waals surface area contributed by atoms with Gasteiger partial charge in [-0.3, -0.25) is 0 Å². The molecule has 19 heavy (non-hydrogen) atoms. The Balaban J connectivity index is 3.56. The summed E-state index contributed by atoms with van der Waals surface area (Å²) in [5.74, 6) is 2.35. The minimum absolute atomic E-state index is 1.07. The number of hydrogen-bond acceptors (Lipinski definition) is 5. The summed E-state index contributed by atoms with van der Waals surface area (Å²) in [5.41, 5.74) is 0. The van der Waals surface area contributed by atoms with Crippen LogP contribution < -0.4 is 0 Å². The molecule has 4 nitrogen and oxygen atoms in total. The van der Waals surface area contributed by atoms with Crippen LogP contribution in [-0.4, -0.2) is 57.1 Å². The second kappa shape index (κ2) is 10.4. The lowest BCUT2D eigenvalue weighted by Crippen LogP contribution is -2.36. The Labute approximate surface area is 125 Å². The van der Waals surface area contributed by atoms with Gasteiger partial charge in [0, 0.05) is 28.4 Å². The van der Waals surface area contributed by atoms with E-state index in [0.717, 1.165) is 12.1 Å². The highest BCUT2D eigenvalue weighted by atomic mass is 32.2. The molecule has 0 fully saturated rings. The minimum atomic E-state index is -1.85. The summed E-state index contributed by atoms with van der Waals surface area (Å²) in [6.07, 6.45) is 2.33. The Morgan fingerprint density at radius 3 is 1.26 bits per heavy atom. The average molecular weight is 327 g/mol. The predicted molar refractivity (Wildman–Crippen MR) is 87.4 cm³/mol. The molecule has 0 atom stereocenters. The van der Waals surface area contributed by atoms with Gasteiger partial charge in [-0.25, -0.2) is 0 Å². The summed E-state index contributed by atoms with van der Waals surface area (Å²) in [4.78, 5) is 0. The zero-order chi connectivity index (χ0) is 14.8. The number of thioether (sulfide) groups is 1. The van der Waals surface area contributed by atoms with Crippen LogP contribution in [0.5, 0.6) is 0 Å². The van der Waals surface area contributed by atoms with Crippen LogP contribution in [0.4, 0.5) is 0 Å². The lowest BCUT2D eigenvalue weighted by molar-refractivity contribution is 0.249. The van der Waals surface area contributed by atoms with Crippen LogP contribution in [0.15, 0.2) is 0 Å². The van der Waals surface area contributed by atoms with Crippen molar-refractivity contribution in [2.24, 2.45) is 0 Å². The third-order valence-electron chi connectivity index (χ3n) is 3.57. The maximum atomic E-state index is 5.47. The first-order chi connectivity index (χ1) is 8.95. The van der Waals surface area contributed by atoms with Crippen molar-refractivity contribution in [2.75, 3.05) is 39.9 Å². The molecule has 0 amide bonds. The van der Waals surface area contributed by atoms with E-state index < -0.39 is 17.1 Å². The highest BCUT2D eigenvalue weighted by Crippen LogP contribution is 2.19. The highest BCUT2D eigenvalue weighted by Gasteiger charge is 2.28. The van der Waals surface area contributed by atoms with Crippen molar-refractivity contribution in [3.05, 3.63) is 0 Å². The molecule has 0 heterocycles. The first-order valence-electron chi connectivity index (χ1n) is 6.73. The molecule has 0 bridgehead atoms. The maximum Gasteiger partial charge on any atom is 0.334 e. The third kappa shape index (κ3) is 8.49. The summed E-state index contributed by atoms with van der Waals surface area (Å²) in [5, 5.41) is 0. The van der Waals surface area contributed by atoms with Gasteiger partial charge in [0.25, 0.3) is 0 Å². The lowest BCUT2D eigenvalue weighted by Gasteiger charge is -2.23. The molecule has 0 aliphatic rings. The molecule has 0 aromatic rings. The molecule has 0 saturated heterocycles. The van der Waals surface area contributed by atoms with Crippen LogP contribution in [0.1, 0.15) is 12.8 Å². The molecule has 0 aromatic heterocycles. The van der Waals surface area contributed by atoms with Gasteiger partial charge in [0.1, 0.15) is 0 Å². The molecular formula is C12H30O4SSi2. The summed E-state index contributed by atoms with van der Waals surface area (Å²) >= 11 is 2.00. The Morgan fingerprint density at radius 1 is 0.684 bits per heavy atom. The fourth-order valence-corrected chi connectivity index (χ4v) is 5.87. The molecule has 0 unspecified atom stereocenters. The third-order valence-corrected chi connectivity index (χ3v) is 10.7. The molecule has 7 heteroatoms. The van der Waals surface area contributed by atoms with Crippen LogP contribution in [0, 0.1) is 0 Å². The molecule has 0 aromatic carbocycles. The first kappa shape index (κ1) is 19.6. The normalized spacial score (nSPS) is 12.9. The van der Waals surface area contributed by atoms with E-state index in [-0.39, 0.29) is 0 Å². The topological polar surface area (TPSA) is 36.9 Å². The summed E-state index contributed by atoms with van der Waals surface area (Å²) < 4.78 is 21.9. The summed E-state index contributed by atoms with van der Waals surface area (Å²) in [6, 6.07) is 2.13. The van der Waals surface area contributed by atoms with Crippen LogP contribution >= 0.6 is 11.8 Å². The van der Waals surface area contributed by atoms with Gasteiger partial charge in [-0.1, -0.05) is 0 Å². The monoisotopic (exact) mass is 326 g/mol. The van der Waals surface area contributed by atoms with E-state index in [4.69, 9.17) is 17.7 Å². The van der Waals surface area contributed by atoms with E-state index in [9.17, 15) is 0 Å². The van der Waals surface area contributed by atoms with Crippen molar-refractivity contribution >= 4 is 28.9 Å². The summed E-state index contributed by atoms with van der Waals surface area (Å²) in [6.45, 7) is 4.23. The van der Waals surface area contributed by atoms with Crippen molar-refractivity contribution in [3.63, 3.8) is 0 Å². The fraction of sp³-hybridized carbons (Fsp3) is 1.00. The largest absolute Gasteiger partial charge is 0.398 e. The predicted octanol–water partition coefficient (Wildman–Crippen LogP) is 3.23. The van der Waals surface area contributed by atoms with Crippen LogP contribution in [0.25, 0.3) is 0 Å². The molecule has 116 valence electrons. The highest BCUT2D eigenvalue weighted by molar-refractivity contribution is 7.99. The Bertz CT molecular complexity index is 202. The fourth-order valence-electron chi connectivity index (χ4n) is 1.67. The van der Waals surface area contributed by atoms with Gasteiger partial charge >= 0.3 is 17.1 Å². The van der Waals surface area contributed by atoms with Gasteiger partial charge in [0.15, 0.2) is 0 Å². The second-order valence-electron chi connectivity index (χ2n) is 4.90. The van der Waals surface area contributed by atoms with Gasteiger partial charge in [-0.2, -0.15) is 11.8 Å². The lowest BCUT2D eigenvalue weighted by atomic mass is 10.6. The number of rotatable bonds is 12. The standard InChI is InChI=1S/C12H30O4SSi2/c1-13-18(5,14-2)11-7-9-17-10-8-12-19(6,15-3)16-4/h7-12H2,1-6H3. The smallest absolute Gasteiger partial charge is 0.334 e. The van der Waals surface area contributed by atoms with Gasteiger partial charge in [0.05, 0.1) is 0 Å². The Kier molecular flexibility index (Phi) is 10.7. The maximum absolute atomic E-state index is 5.47. The van der Waals surface area contributed by atoms with E-state index in [0.29, 0.717) is 0 Å². The average Bonchev–Trinajstić information content (AvgIpc) is 2.45. The van der Waals surface area contributed by atoms with E-state index in [1.807, 2.05) is 11.8 Å². The number of hydrogen-bond donors (Lipinski definition) is 0. The van der Waals surface area contributed by atoms with Crippen molar-refractivity contribution in [1.82, 2.24) is 0 Å². The summed E-state index contributed by atoms with van der Waals surface area (Å²) in [7, 11) is 3.31. The first-order valence-corrected chi connectivity index (χ1v) is 12.9. The molecule has 0 N–H and O–H groups in total. The van der Waals surface area contributed by atoms with E-state index >= 15 is 0 Å². The molecular weight excluding hydrogens is 296 g/mol. The second-order valence-corrected chi connectivity index (χ2v) is 13.3. The van der Waals surface area contributed by atoms with E-state index in [2.05, 4.69) is 13.1 Å². The zero-order valence-electron chi connectivity index (χ0n) is 13.3. The van der Waals surface area contributed by atoms with Crippen molar-refractivity contribution in [3.8, 4) is 0 Å². The van der Waals surface area contributed by atoms with Crippen LogP contribution in [0.3, 0.4) is 0 Å². The van der Waals surface area contributed by atoms with Crippen molar-refractivity contribution in [1.29, 1.82) is 0 Å². The Hall–Kier alpha value is 0.624. The molecule has 0 aliphatic carbocycles. The van der Waals surface area contributed by atoms with Gasteiger partial charge < -0.3 is 17.7 Å². The van der Waals surface area contributed by atoms with E-state index in [1.165, 1.54) is 24.3 Å².